The van der Waals surface area contributed by atoms with E-state index in [1.165, 1.54) is 4.31 Å². The molecule has 1 unspecified atom stereocenters. The summed E-state index contributed by atoms with van der Waals surface area (Å²) >= 11 is 0. The molecule has 20 heavy (non-hydrogen) atoms. The van der Waals surface area contributed by atoms with E-state index in [1.54, 1.807) is 18.3 Å². The quantitative estimate of drug-likeness (QED) is 0.866. The molecule has 2 rings (SSSR count). The van der Waals surface area contributed by atoms with Gasteiger partial charge in [0.05, 0.1) is 11.8 Å². The van der Waals surface area contributed by atoms with Gasteiger partial charge in [0.2, 0.25) is 10.0 Å². The maximum atomic E-state index is 12.7. The third-order valence-electron chi connectivity index (χ3n) is 3.40. The normalized spacial score (nSPS) is 21.0. The SMILES string of the molecule is CCOC1CCCN(S(=O)(=O)c2cccnc2CN)C1. The van der Waals surface area contributed by atoms with Crippen LogP contribution >= 0.6 is 0 Å². The van der Waals surface area contributed by atoms with Crippen molar-refractivity contribution in [2.45, 2.75) is 37.3 Å². The van der Waals surface area contributed by atoms with Crippen LogP contribution in [0.5, 0.6) is 0 Å². The largest absolute Gasteiger partial charge is 0.377 e. The fourth-order valence-corrected chi connectivity index (χ4v) is 4.14. The summed E-state index contributed by atoms with van der Waals surface area (Å²) in [7, 11) is -3.55. The molecule has 1 saturated heterocycles. The van der Waals surface area contributed by atoms with Crippen LogP contribution in [-0.2, 0) is 21.3 Å². The lowest BCUT2D eigenvalue weighted by atomic mass is 10.1. The summed E-state index contributed by atoms with van der Waals surface area (Å²) in [4.78, 5) is 4.26. The zero-order valence-electron chi connectivity index (χ0n) is 11.7. The van der Waals surface area contributed by atoms with E-state index in [4.69, 9.17) is 10.5 Å². The highest BCUT2D eigenvalue weighted by molar-refractivity contribution is 7.89. The lowest BCUT2D eigenvalue weighted by Gasteiger charge is -2.31. The molecule has 1 aliphatic heterocycles. The van der Waals surface area contributed by atoms with Crippen molar-refractivity contribution in [3.8, 4) is 0 Å². The predicted octanol–water partition coefficient (Wildman–Crippen LogP) is 0.730. The average Bonchev–Trinajstić information content (AvgIpc) is 2.48. The number of aromatic nitrogens is 1. The van der Waals surface area contributed by atoms with E-state index in [-0.39, 0.29) is 17.5 Å². The third-order valence-corrected chi connectivity index (χ3v) is 5.34. The van der Waals surface area contributed by atoms with Gasteiger partial charge in [-0.15, -0.1) is 0 Å². The Morgan fingerprint density at radius 3 is 3.05 bits per heavy atom. The Morgan fingerprint density at radius 2 is 2.35 bits per heavy atom. The van der Waals surface area contributed by atoms with Crippen LogP contribution in [0.4, 0.5) is 0 Å². The molecule has 1 aliphatic rings. The lowest BCUT2D eigenvalue weighted by molar-refractivity contribution is 0.0265. The molecule has 2 N–H and O–H groups in total. The number of pyridine rings is 1. The summed E-state index contributed by atoms with van der Waals surface area (Å²) < 4.78 is 32.4. The first-order valence-corrected chi connectivity index (χ1v) is 8.29. The lowest BCUT2D eigenvalue weighted by Crippen LogP contribution is -2.43. The number of sulfonamides is 1. The van der Waals surface area contributed by atoms with Crippen LogP contribution in [0.25, 0.3) is 0 Å². The molecule has 1 aromatic rings. The molecule has 0 aromatic carbocycles. The van der Waals surface area contributed by atoms with Gasteiger partial charge in [-0.1, -0.05) is 0 Å². The summed E-state index contributed by atoms with van der Waals surface area (Å²) in [6.07, 6.45) is 3.24. The minimum Gasteiger partial charge on any atom is -0.377 e. The fourth-order valence-electron chi connectivity index (χ4n) is 2.45. The van der Waals surface area contributed by atoms with Gasteiger partial charge in [-0.2, -0.15) is 4.31 Å². The second-order valence-electron chi connectivity index (χ2n) is 4.73. The molecule has 7 heteroatoms. The first-order chi connectivity index (χ1) is 9.59. The Labute approximate surface area is 120 Å². The van der Waals surface area contributed by atoms with Crippen LogP contribution in [0.15, 0.2) is 23.2 Å². The van der Waals surface area contributed by atoms with Gasteiger partial charge in [-0.05, 0) is 31.9 Å². The number of ether oxygens (including phenoxy) is 1. The van der Waals surface area contributed by atoms with Crippen molar-refractivity contribution < 1.29 is 13.2 Å². The van der Waals surface area contributed by atoms with Gasteiger partial charge < -0.3 is 10.5 Å². The molecule has 0 saturated carbocycles. The van der Waals surface area contributed by atoms with Crippen molar-refractivity contribution in [2.75, 3.05) is 19.7 Å². The van der Waals surface area contributed by atoms with Gasteiger partial charge in [-0.3, -0.25) is 4.98 Å². The molecule has 0 aliphatic carbocycles. The van der Waals surface area contributed by atoms with Crippen molar-refractivity contribution in [1.29, 1.82) is 0 Å². The topological polar surface area (TPSA) is 85.5 Å². The van der Waals surface area contributed by atoms with Gasteiger partial charge in [0, 0.05) is 32.4 Å². The number of nitrogens with two attached hydrogens (primary N) is 1. The van der Waals surface area contributed by atoms with Crippen molar-refractivity contribution in [3.63, 3.8) is 0 Å². The van der Waals surface area contributed by atoms with Crippen LogP contribution in [0.3, 0.4) is 0 Å². The molecule has 0 spiro atoms. The van der Waals surface area contributed by atoms with E-state index in [2.05, 4.69) is 4.98 Å². The number of hydrogen-bond acceptors (Lipinski definition) is 5. The first kappa shape index (κ1) is 15.4. The molecule has 0 radical (unpaired) electrons. The number of hydrogen-bond donors (Lipinski definition) is 1. The zero-order chi connectivity index (χ0) is 14.6. The van der Waals surface area contributed by atoms with E-state index in [0.717, 1.165) is 12.8 Å². The summed E-state index contributed by atoms with van der Waals surface area (Å²) in [5, 5.41) is 0. The van der Waals surface area contributed by atoms with Crippen molar-refractivity contribution in [3.05, 3.63) is 24.0 Å². The molecular weight excluding hydrogens is 278 g/mol. The van der Waals surface area contributed by atoms with Crippen LogP contribution in [0, 0.1) is 0 Å². The highest BCUT2D eigenvalue weighted by Gasteiger charge is 2.32. The maximum absolute atomic E-state index is 12.7. The molecule has 1 aromatic heterocycles. The van der Waals surface area contributed by atoms with E-state index < -0.39 is 10.0 Å². The van der Waals surface area contributed by atoms with Gasteiger partial charge in [0.25, 0.3) is 0 Å². The predicted molar refractivity (Wildman–Crippen MR) is 75.5 cm³/mol. The van der Waals surface area contributed by atoms with Crippen LogP contribution < -0.4 is 5.73 Å². The van der Waals surface area contributed by atoms with Gasteiger partial charge in [0.1, 0.15) is 4.90 Å². The van der Waals surface area contributed by atoms with Crippen LogP contribution in [-0.4, -0.2) is 43.5 Å². The summed E-state index contributed by atoms with van der Waals surface area (Å²) in [5.41, 5.74) is 5.99. The minimum atomic E-state index is -3.55. The first-order valence-electron chi connectivity index (χ1n) is 6.85. The second kappa shape index (κ2) is 6.62. The summed E-state index contributed by atoms with van der Waals surface area (Å²) in [6.45, 7) is 3.54. The van der Waals surface area contributed by atoms with E-state index >= 15 is 0 Å². The number of nitrogens with zero attached hydrogens (tertiary/aromatic N) is 2. The molecule has 6 nitrogen and oxygen atoms in total. The summed E-state index contributed by atoms with van der Waals surface area (Å²) in [5.74, 6) is 0. The fraction of sp³-hybridized carbons (Fsp3) is 0.615. The Bertz CT molecular complexity index is 546. The van der Waals surface area contributed by atoms with E-state index in [9.17, 15) is 8.42 Å². The minimum absolute atomic E-state index is 0.0264. The maximum Gasteiger partial charge on any atom is 0.245 e. The monoisotopic (exact) mass is 299 g/mol. The van der Waals surface area contributed by atoms with Crippen molar-refractivity contribution in [1.82, 2.24) is 9.29 Å². The van der Waals surface area contributed by atoms with Crippen LogP contribution in [0.2, 0.25) is 0 Å². The molecule has 112 valence electrons. The van der Waals surface area contributed by atoms with E-state index in [0.29, 0.717) is 25.4 Å². The summed E-state index contributed by atoms with van der Waals surface area (Å²) in [6, 6.07) is 3.19. The molecular formula is C13H21N3O3S. The smallest absolute Gasteiger partial charge is 0.245 e. The van der Waals surface area contributed by atoms with Crippen molar-refractivity contribution >= 4 is 10.0 Å². The average molecular weight is 299 g/mol. The Balaban J connectivity index is 2.25. The molecule has 0 amide bonds. The Morgan fingerprint density at radius 1 is 1.55 bits per heavy atom. The van der Waals surface area contributed by atoms with Gasteiger partial charge in [0.15, 0.2) is 0 Å². The van der Waals surface area contributed by atoms with E-state index in [1.807, 2.05) is 6.92 Å². The molecule has 1 atom stereocenters. The molecule has 0 bridgehead atoms. The highest BCUT2D eigenvalue weighted by Crippen LogP contribution is 2.23. The van der Waals surface area contributed by atoms with Gasteiger partial charge in [-0.25, -0.2) is 8.42 Å². The van der Waals surface area contributed by atoms with Crippen molar-refractivity contribution in [2.24, 2.45) is 5.73 Å². The zero-order valence-corrected chi connectivity index (χ0v) is 12.5. The standard InChI is InChI=1S/C13H21N3O3S/c1-2-19-11-5-4-8-16(10-11)20(17,18)13-6-3-7-15-12(13)9-14/h3,6-7,11H,2,4-5,8-10,14H2,1H3. The Hall–Kier alpha value is -1.02. The number of piperidine rings is 1. The van der Waals surface area contributed by atoms with Gasteiger partial charge >= 0.3 is 0 Å². The second-order valence-corrected chi connectivity index (χ2v) is 6.64. The Kier molecular flexibility index (Phi) is 5.09. The molecule has 1 fully saturated rings. The van der Waals surface area contributed by atoms with Crippen LogP contribution in [0.1, 0.15) is 25.5 Å². The molecule has 2 heterocycles. The highest BCUT2D eigenvalue weighted by atomic mass is 32.2. The third kappa shape index (κ3) is 3.17. The number of rotatable bonds is 5.